The summed E-state index contributed by atoms with van der Waals surface area (Å²) in [5, 5.41) is 11.1. The van der Waals surface area contributed by atoms with Gasteiger partial charge in [0.05, 0.1) is 5.60 Å². The van der Waals surface area contributed by atoms with Crippen molar-refractivity contribution in [1.29, 1.82) is 0 Å². The second-order valence-corrected chi connectivity index (χ2v) is 5.23. The quantitative estimate of drug-likeness (QED) is 0.844. The van der Waals surface area contributed by atoms with Crippen molar-refractivity contribution in [2.45, 2.75) is 19.4 Å². The Balaban J connectivity index is 2.71. The van der Waals surface area contributed by atoms with Crippen LogP contribution in [0.5, 0.6) is 0 Å². The summed E-state index contributed by atoms with van der Waals surface area (Å²) in [5.74, 6) is 0. The molecule has 1 aromatic carbocycles. The summed E-state index contributed by atoms with van der Waals surface area (Å²) < 4.78 is 3.14. The van der Waals surface area contributed by atoms with E-state index in [0.717, 1.165) is 15.6 Å². The number of hydrogen-bond acceptors (Lipinski definition) is 1. The largest absolute Gasteiger partial charge is 0.386 e. The van der Waals surface area contributed by atoms with Crippen molar-refractivity contribution in [3.05, 3.63) is 34.4 Å². The van der Waals surface area contributed by atoms with E-state index in [1.54, 1.807) is 13.8 Å². The molecule has 1 N–H and O–H groups in total. The van der Waals surface area contributed by atoms with Crippen LogP contribution in [0.4, 0.5) is 0 Å². The molecule has 0 aliphatic carbocycles. The van der Waals surface area contributed by atoms with E-state index >= 15 is 0 Å². The Bertz CT molecular complexity index is 508. The van der Waals surface area contributed by atoms with Gasteiger partial charge in [-0.05, 0) is 41.4 Å². The highest BCUT2D eigenvalue weighted by Gasteiger charge is 2.17. The van der Waals surface area contributed by atoms with Gasteiger partial charge in [-0.3, -0.25) is 0 Å². The van der Waals surface area contributed by atoms with E-state index in [0.29, 0.717) is 0 Å². The van der Waals surface area contributed by atoms with Crippen molar-refractivity contribution >= 4 is 26.8 Å². The number of halogens is 1. The van der Waals surface area contributed by atoms with Crippen molar-refractivity contribution in [3.8, 4) is 0 Å². The number of fused-ring (bicyclic) bond motifs is 1. The molecule has 0 bridgehead atoms. The highest BCUT2D eigenvalue weighted by atomic mass is 79.9. The molecule has 3 heteroatoms. The van der Waals surface area contributed by atoms with Crippen molar-refractivity contribution in [2.24, 2.45) is 7.05 Å². The molecule has 0 saturated heterocycles. The molecule has 0 radical (unpaired) electrons. The molecule has 2 nitrogen and oxygen atoms in total. The van der Waals surface area contributed by atoms with Gasteiger partial charge in [0.2, 0.25) is 0 Å². The van der Waals surface area contributed by atoms with Crippen LogP contribution in [-0.2, 0) is 12.6 Å². The number of rotatable bonds is 1. The molecule has 2 rings (SSSR count). The van der Waals surface area contributed by atoms with Gasteiger partial charge in [-0.1, -0.05) is 12.1 Å². The maximum absolute atomic E-state index is 9.93. The lowest BCUT2D eigenvalue weighted by Gasteiger charge is -2.17. The lowest BCUT2D eigenvalue weighted by Crippen LogP contribution is -2.15. The van der Waals surface area contributed by atoms with E-state index in [2.05, 4.69) is 20.5 Å². The molecule has 1 aromatic heterocycles. The summed E-state index contributed by atoms with van der Waals surface area (Å²) in [6.45, 7) is 3.60. The molecule has 0 spiro atoms. The second-order valence-electron chi connectivity index (χ2n) is 4.38. The first-order chi connectivity index (χ1) is 6.89. The fourth-order valence-electron chi connectivity index (χ4n) is 1.72. The van der Waals surface area contributed by atoms with E-state index in [1.807, 2.05) is 31.4 Å². The van der Waals surface area contributed by atoms with E-state index in [4.69, 9.17) is 0 Å². The Kier molecular flexibility index (Phi) is 2.40. The molecule has 0 amide bonds. The SMILES string of the molecule is Cn1cc(Br)c2ccc(C(C)(C)O)cc21. The number of nitrogens with zero attached hydrogens (tertiary/aromatic N) is 1. The number of aromatic nitrogens is 1. The fraction of sp³-hybridized carbons (Fsp3) is 0.333. The molecule has 0 atom stereocenters. The smallest absolute Gasteiger partial charge is 0.0841 e. The standard InChI is InChI=1S/C12H14BrNO/c1-12(2,15)8-4-5-9-10(13)7-14(3)11(9)6-8/h4-7,15H,1-3H3. The number of aliphatic hydroxyl groups is 1. The van der Waals surface area contributed by atoms with Crippen LogP contribution in [0.25, 0.3) is 10.9 Å². The van der Waals surface area contributed by atoms with Crippen LogP contribution in [-0.4, -0.2) is 9.67 Å². The maximum Gasteiger partial charge on any atom is 0.0841 e. The van der Waals surface area contributed by atoms with Gasteiger partial charge < -0.3 is 9.67 Å². The number of hydrogen-bond donors (Lipinski definition) is 1. The van der Waals surface area contributed by atoms with Crippen LogP contribution >= 0.6 is 15.9 Å². The Morgan fingerprint density at radius 1 is 1.33 bits per heavy atom. The van der Waals surface area contributed by atoms with E-state index < -0.39 is 5.60 Å². The van der Waals surface area contributed by atoms with Crippen molar-refractivity contribution in [1.82, 2.24) is 4.57 Å². The minimum Gasteiger partial charge on any atom is -0.386 e. The predicted octanol–water partition coefficient (Wildman–Crippen LogP) is 3.17. The van der Waals surface area contributed by atoms with Crippen LogP contribution in [0.1, 0.15) is 19.4 Å². The molecule has 80 valence electrons. The molecular formula is C12H14BrNO. The summed E-state index contributed by atoms with van der Waals surface area (Å²) >= 11 is 3.51. The summed E-state index contributed by atoms with van der Waals surface area (Å²) in [5.41, 5.74) is 1.27. The minimum atomic E-state index is -0.787. The molecule has 0 saturated carbocycles. The van der Waals surface area contributed by atoms with Gasteiger partial charge in [0.25, 0.3) is 0 Å². The van der Waals surface area contributed by atoms with Crippen LogP contribution in [0, 0.1) is 0 Å². The molecule has 0 aliphatic rings. The third kappa shape index (κ3) is 1.82. The van der Waals surface area contributed by atoms with Crippen molar-refractivity contribution < 1.29 is 5.11 Å². The van der Waals surface area contributed by atoms with E-state index in [9.17, 15) is 5.11 Å². The normalized spacial score (nSPS) is 12.3. The monoisotopic (exact) mass is 267 g/mol. The van der Waals surface area contributed by atoms with Gasteiger partial charge in [-0.2, -0.15) is 0 Å². The molecule has 0 aliphatic heterocycles. The predicted molar refractivity (Wildman–Crippen MR) is 65.9 cm³/mol. The highest BCUT2D eigenvalue weighted by Crippen LogP contribution is 2.29. The maximum atomic E-state index is 9.93. The van der Waals surface area contributed by atoms with E-state index in [-0.39, 0.29) is 0 Å². The molecular weight excluding hydrogens is 254 g/mol. The Morgan fingerprint density at radius 3 is 2.60 bits per heavy atom. The van der Waals surface area contributed by atoms with Gasteiger partial charge in [-0.25, -0.2) is 0 Å². The Hall–Kier alpha value is -0.800. The lowest BCUT2D eigenvalue weighted by atomic mass is 9.97. The average molecular weight is 268 g/mol. The van der Waals surface area contributed by atoms with Crippen LogP contribution < -0.4 is 0 Å². The number of aryl methyl sites for hydroxylation is 1. The molecule has 0 unspecified atom stereocenters. The third-order valence-electron chi connectivity index (χ3n) is 2.65. The summed E-state index contributed by atoms with van der Waals surface area (Å²) in [4.78, 5) is 0. The zero-order chi connectivity index (χ0) is 11.2. The minimum absolute atomic E-state index is 0.787. The Labute approximate surface area is 97.7 Å². The third-order valence-corrected chi connectivity index (χ3v) is 3.28. The zero-order valence-electron chi connectivity index (χ0n) is 9.08. The van der Waals surface area contributed by atoms with Crippen molar-refractivity contribution in [2.75, 3.05) is 0 Å². The summed E-state index contributed by atoms with van der Waals surface area (Å²) in [6, 6.07) is 6.03. The van der Waals surface area contributed by atoms with E-state index in [1.165, 1.54) is 5.39 Å². The van der Waals surface area contributed by atoms with Gasteiger partial charge in [-0.15, -0.1) is 0 Å². The first-order valence-corrected chi connectivity index (χ1v) is 5.66. The average Bonchev–Trinajstić information content (AvgIpc) is 2.41. The first kappa shape index (κ1) is 10.7. The Morgan fingerprint density at radius 2 is 2.00 bits per heavy atom. The lowest BCUT2D eigenvalue weighted by molar-refractivity contribution is 0.0787. The number of benzene rings is 1. The zero-order valence-corrected chi connectivity index (χ0v) is 10.7. The second kappa shape index (κ2) is 3.35. The van der Waals surface area contributed by atoms with Crippen LogP contribution in [0.3, 0.4) is 0 Å². The van der Waals surface area contributed by atoms with Gasteiger partial charge in [0.15, 0.2) is 0 Å². The highest BCUT2D eigenvalue weighted by molar-refractivity contribution is 9.10. The molecule has 1 heterocycles. The van der Waals surface area contributed by atoms with Crippen LogP contribution in [0.2, 0.25) is 0 Å². The summed E-state index contributed by atoms with van der Waals surface area (Å²) in [6.07, 6.45) is 2.03. The van der Waals surface area contributed by atoms with Gasteiger partial charge >= 0.3 is 0 Å². The topological polar surface area (TPSA) is 25.2 Å². The van der Waals surface area contributed by atoms with Crippen LogP contribution in [0.15, 0.2) is 28.9 Å². The van der Waals surface area contributed by atoms with Crippen molar-refractivity contribution in [3.63, 3.8) is 0 Å². The van der Waals surface area contributed by atoms with Gasteiger partial charge in [0.1, 0.15) is 0 Å². The fourth-order valence-corrected chi connectivity index (χ4v) is 2.36. The van der Waals surface area contributed by atoms with Gasteiger partial charge in [0, 0.05) is 28.6 Å². The summed E-state index contributed by atoms with van der Waals surface area (Å²) in [7, 11) is 2.00. The molecule has 2 aromatic rings. The first-order valence-electron chi connectivity index (χ1n) is 4.87. The molecule has 0 fully saturated rings. The molecule has 15 heavy (non-hydrogen) atoms.